The highest BCUT2D eigenvalue weighted by atomic mass is 32.2. The van der Waals surface area contributed by atoms with Crippen LogP contribution in [0.5, 0.6) is 0 Å². The summed E-state index contributed by atoms with van der Waals surface area (Å²) in [6.45, 7) is 3.24. The lowest BCUT2D eigenvalue weighted by Crippen LogP contribution is -2.46. The molecule has 0 radical (unpaired) electrons. The molecule has 7 heteroatoms. The lowest BCUT2D eigenvalue weighted by Gasteiger charge is -2.22. The highest BCUT2D eigenvalue weighted by Crippen LogP contribution is 2.37. The molecule has 1 aromatic heterocycles. The van der Waals surface area contributed by atoms with Gasteiger partial charge in [-0.25, -0.2) is 13.1 Å². The summed E-state index contributed by atoms with van der Waals surface area (Å²) in [5.74, 6) is 0. The van der Waals surface area contributed by atoms with Crippen LogP contribution >= 0.6 is 0 Å². The molecule has 2 aliphatic rings. The van der Waals surface area contributed by atoms with Crippen molar-refractivity contribution < 1.29 is 13.2 Å². The number of rotatable bonds is 5. The Hall–Kier alpha value is -0.890. The van der Waals surface area contributed by atoms with Crippen molar-refractivity contribution in [3.63, 3.8) is 0 Å². The molecule has 6 nitrogen and oxygen atoms in total. The highest BCUT2D eigenvalue weighted by Gasteiger charge is 2.36. The third-order valence-electron chi connectivity index (χ3n) is 3.97. The van der Waals surface area contributed by atoms with Crippen LogP contribution in [0.2, 0.25) is 0 Å². The van der Waals surface area contributed by atoms with E-state index in [-0.39, 0.29) is 0 Å². The van der Waals surface area contributed by atoms with Gasteiger partial charge in [0, 0.05) is 31.1 Å². The Bertz CT molecular complexity index is 598. The van der Waals surface area contributed by atoms with Gasteiger partial charge in [-0.05, 0) is 32.3 Å². The van der Waals surface area contributed by atoms with E-state index in [9.17, 15) is 8.42 Å². The Labute approximate surface area is 119 Å². The number of nitrogens with two attached hydrogens (primary N) is 1. The standard InChI is InChI=1S/C13H21N3O3S/c1-13(4-5-19-9-13)15-20(17,18)12-6-11(7-14)16(8-12)10-2-3-10/h6,8,10,15H,2-5,7,9,14H2,1H3. The first kappa shape index (κ1) is 14.1. The molecule has 1 saturated heterocycles. The second-order valence-electron chi connectivity index (χ2n) is 5.98. The van der Waals surface area contributed by atoms with Gasteiger partial charge in [0.15, 0.2) is 0 Å². The van der Waals surface area contributed by atoms with Crippen molar-refractivity contribution in [3.8, 4) is 0 Å². The number of aromatic nitrogens is 1. The van der Waals surface area contributed by atoms with Gasteiger partial charge >= 0.3 is 0 Å². The topological polar surface area (TPSA) is 86.4 Å². The van der Waals surface area contributed by atoms with Crippen molar-refractivity contribution in [2.45, 2.75) is 49.2 Å². The molecule has 1 aliphatic carbocycles. The summed E-state index contributed by atoms with van der Waals surface area (Å²) in [4.78, 5) is 0.304. The van der Waals surface area contributed by atoms with Crippen molar-refractivity contribution in [1.82, 2.24) is 9.29 Å². The zero-order chi connectivity index (χ0) is 14.4. The SMILES string of the molecule is CC1(NS(=O)(=O)c2cc(CN)n(C3CC3)c2)CCOC1. The molecule has 0 spiro atoms. The van der Waals surface area contributed by atoms with Crippen LogP contribution in [-0.4, -0.2) is 31.7 Å². The van der Waals surface area contributed by atoms with E-state index in [4.69, 9.17) is 10.5 Å². The number of ether oxygens (including phenoxy) is 1. The maximum Gasteiger partial charge on any atom is 0.242 e. The second-order valence-corrected chi connectivity index (χ2v) is 7.66. The first-order chi connectivity index (χ1) is 9.43. The average Bonchev–Trinajstić information content (AvgIpc) is 2.98. The Morgan fingerprint density at radius 3 is 2.85 bits per heavy atom. The van der Waals surface area contributed by atoms with Crippen molar-refractivity contribution in [2.75, 3.05) is 13.2 Å². The fourth-order valence-corrected chi connectivity index (χ4v) is 4.10. The fourth-order valence-electron chi connectivity index (χ4n) is 2.63. The van der Waals surface area contributed by atoms with Gasteiger partial charge in [-0.2, -0.15) is 0 Å². The smallest absolute Gasteiger partial charge is 0.242 e. The molecule has 0 bridgehead atoms. The lowest BCUT2D eigenvalue weighted by molar-refractivity contribution is 0.178. The number of nitrogens with zero attached hydrogens (tertiary/aromatic N) is 1. The normalized spacial score (nSPS) is 27.1. The lowest BCUT2D eigenvalue weighted by atomic mass is 10.0. The van der Waals surface area contributed by atoms with Crippen molar-refractivity contribution in [2.24, 2.45) is 5.73 Å². The molecule has 3 N–H and O–H groups in total. The van der Waals surface area contributed by atoms with E-state index in [1.54, 1.807) is 12.3 Å². The third kappa shape index (κ3) is 2.63. The monoisotopic (exact) mass is 299 g/mol. The summed E-state index contributed by atoms with van der Waals surface area (Å²) in [6.07, 6.45) is 4.60. The van der Waals surface area contributed by atoms with Crippen LogP contribution in [0, 0.1) is 0 Å². The van der Waals surface area contributed by atoms with Crippen molar-refractivity contribution in [3.05, 3.63) is 18.0 Å². The van der Waals surface area contributed by atoms with Gasteiger partial charge in [-0.1, -0.05) is 0 Å². The molecule has 2 fully saturated rings. The van der Waals surface area contributed by atoms with Crippen LogP contribution < -0.4 is 10.5 Å². The molecule has 20 heavy (non-hydrogen) atoms. The van der Waals surface area contributed by atoms with Gasteiger partial charge in [0.05, 0.1) is 17.0 Å². The summed E-state index contributed by atoms with van der Waals surface area (Å²) in [7, 11) is -3.53. The molecule has 1 saturated carbocycles. The van der Waals surface area contributed by atoms with Crippen LogP contribution in [0.15, 0.2) is 17.2 Å². The number of sulfonamides is 1. The van der Waals surface area contributed by atoms with Gasteiger partial charge in [0.2, 0.25) is 10.0 Å². The first-order valence-corrected chi connectivity index (χ1v) is 8.44. The van der Waals surface area contributed by atoms with E-state index in [1.807, 2.05) is 11.5 Å². The molecule has 0 aromatic carbocycles. The fraction of sp³-hybridized carbons (Fsp3) is 0.692. The molecule has 3 rings (SSSR count). The first-order valence-electron chi connectivity index (χ1n) is 6.96. The maximum atomic E-state index is 12.5. The van der Waals surface area contributed by atoms with E-state index < -0.39 is 15.6 Å². The summed E-state index contributed by atoms with van der Waals surface area (Å²) in [5, 5.41) is 0. The van der Waals surface area contributed by atoms with E-state index in [0.717, 1.165) is 18.5 Å². The zero-order valence-electron chi connectivity index (χ0n) is 11.6. The molecule has 1 aromatic rings. The summed E-state index contributed by atoms with van der Waals surface area (Å²) < 4.78 is 35.0. The minimum atomic E-state index is -3.53. The largest absolute Gasteiger partial charge is 0.379 e. The van der Waals surface area contributed by atoms with Gasteiger partial charge < -0.3 is 15.0 Å². The summed E-state index contributed by atoms with van der Waals surface area (Å²) >= 11 is 0. The Balaban J connectivity index is 1.87. The number of hydrogen-bond donors (Lipinski definition) is 2. The molecular formula is C13H21N3O3S. The Morgan fingerprint density at radius 2 is 2.30 bits per heavy atom. The predicted octanol–water partition coefficient (Wildman–Crippen LogP) is 0.739. The van der Waals surface area contributed by atoms with Crippen LogP contribution in [0.1, 0.15) is 37.9 Å². The second kappa shape index (κ2) is 4.84. The Morgan fingerprint density at radius 1 is 1.55 bits per heavy atom. The number of hydrogen-bond acceptors (Lipinski definition) is 4. The molecule has 1 unspecified atom stereocenters. The summed E-state index contributed by atoms with van der Waals surface area (Å²) in [5.41, 5.74) is 6.07. The van der Waals surface area contributed by atoms with Crippen LogP contribution in [-0.2, 0) is 21.3 Å². The Kier molecular flexibility index (Phi) is 3.40. The molecule has 0 amide bonds. The number of nitrogens with one attached hydrogen (secondary N) is 1. The van der Waals surface area contributed by atoms with E-state index in [0.29, 0.717) is 37.1 Å². The maximum absolute atomic E-state index is 12.5. The zero-order valence-corrected chi connectivity index (χ0v) is 12.4. The van der Waals surface area contributed by atoms with E-state index in [2.05, 4.69) is 4.72 Å². The van der Waals surface area contributed by atoms with Crippen molar-refractivity contribution >= 4 is 10.0 Å². The minimum Gasteiger partial charge on any atom is -0.379 e. The van der Waals surface area contributed by atoms with Crippen LogP contribution in [0.3, 0.4) is 0 Å². The molecular weight excluding hydrogens is 278 g/mol. The highest BCUT2D eigenvalue weighted by molar-refractivity contribution is 7.89. The predicted molar refractivity (Wildman–Crippen MR) is 74.8 cm³/mol. The van der Waals surface area contributed by atoms with Gasteiger partial charge in [0.1, 0.15) is 0 Å². The third-order valence-corrected chi connectivity index (χ3v) is 5.57. The quantitative estimate of drug-likeness (QED) is 0.839. The van der Waals surface area contributed by atoms with E-state index in [1.165, 1.54) is 0 Å². The molecule has 1 aliphatic heterocycles. The van der Waals surface area contributed by atoms with Crippen LogP contribution in [0.25, 0.3) is 0 Å². The molecule has 1 atom stereocenters. The summed E-state index contributed by atoms with van der Waals surface area (Å²) in [6, 6.07) is 2.10. The van der Waals surface area contributed by atoms with E-state index >= 15 is 0 Å². The van der Waals surface area contributed by atoms with Crippen molar-refractivity contribution in [1.29, 1.82) is 0 Å². The average molecular weight is 299 g/mol. The molecule has 2 heterocycles. The molecule has 112 valence electrons. The van der Waals surface area contributed by atoms with Crippen LogP contribution in [0.4, 0.5) is 0 Å². The minimum absolute atomic E-state index is 0.304. The van der Waals surface area contributed by atoms with Gasteiger partial charge in [-0.3, -0.25) is 0 Å². The van der Waals surface area contributed by atoms with Gasteiger partial charge in [-0.15, -0.1) is 0 Å². The van der Waals surface area contributed by atoms with Gasteiger partial charge in [0.25, 0.3) is 0 Å².